The summed E-state index contributed by atoms with van der Waals surface area (Å²) in [6.45, 7) is 2.03. The number of aromatic nitrogens is 1. The number of guanidine groups is 1. The Bertz CT molecular complexity index is 1020. The van der Waals surface area contributed by atoms with Gasteiger partial charge in [-0.3, -0.25) is 14.9 Å². The van der Waals surface area contributed by atoms with Gasteiger partial charge < -0.3 is 11.2 Å². The number of hydrogen-bond donors (Lipinski definition) is 4. The van der Waals surface area contributed by atoms with Gasteiger partial charge in [-0.1, -0.05) is 23.2 Å². The zero-order valence-electron chi connectivity index (χ0n) is 15.5. The molecule has 0 amide bonds. The molecule has 7 N–H and O–H groups in total. The maximum Gasteiger partial charge on any atom is 0.261 e. The van der Waals surface area contributed by atoms with Crippen LogP contribution in [0.3, 0.4) is 0 Å². The summed E-state index contributed by atoms with van der Waals surface area (Å²) in [4.78, 5) is 4.50. The van der Waals surface area contributed by atoms with Crippen LogP contribution in [0.25, 0.3) is 0 Å². The van der Waals surface area contributed by atoms with E-state index < -0.39 is 10.1 Å². The molecule has 0 spiro atoms. The smallest absolute Gasteiger partial charge is 0.261 e. The van der Waals surface area contributed by atoms with Crippen LogP contribution in [0.1, 0.15) is 34.7 Å². The predicted molar refractivity (Wildman–Crippen MR) is 117 cm³/mol. The largest absolute Gasteiger partial charge is 0.412 e. The van der Waals surface area contributed by atoms with Crippen LogP contribution in [0.2, 0.25) is 8.67 Å². The molecule has 2 aromatic rings. The van der Waals surface area contributed by atoms with E-state index in [1.165, 1.54) is 11.3 Å². The number of thiophene rings is 1. The molecule has 0 fully saturated rings. The second-order valence-corrected chi connectivity index (χ2v) is 9.90. The van der Waals surface area contributed by atoms with E-state index in [0.29, 0.717) is 21.3 Å². The number of hydrogen-bond acceptors (Lipinski definition) is 6. The van der Waals surface area contributed by atoms with Crippen molar-refractivity contribution < 1.29 is 18.4 Å². The van der Waals surface area contributed by atoms with Crippen molar-refractivity contribution in [2.45, 2.75) is 25.7 Å². The molecule has 1 aliphatic carbocycles. The Balaban J connectivity index is 0.000000628. The zero-order valence-corrected chi connectivity index (χ0v) is 18.7. The van der Waals surface area contributed by atoms with Gasteiger partial charge in [0.15, 0.2) is 0 Å². The summed E-state index contributed by atoms with van der Waals surface area (Å²) in [5.74, 6) is -0.0418. The molecule has 1 atom stereocenters. The van der Waals surface area contributed by atoms with Crippen LogP contribution >= 0.6 is 34.5 Å². The normalized spacial score (nSPS) is 16.9. The van der Waals surface area contributed by atoms with Gasteiger partial charge in [0.05, 0.1) is 26.3 Å². The topological polar surface area (TPSA) is 173 Å². The number of rotatable bonds is 2. The van der Waals surface area contributed by atoms with Gasteiger partial charge in [-0.15, -0.1) is 11.3 Å². The summed E-state index contributed by atoms with van der Waals surface area (Å²) in [5.41, 5.74) is 12.8. The molecule has 0 bridgehead atoms. The number of pyridine rings is 1. The molecule has 0 aliphatic heterocycles. The number of hydrazone groups is 1. The van der Waals surface area contributed by atoms with Crippen molar-refractivity contribution >= 4 is 56.3 Å². The van der Waals surface area contributed by atoms with Crippen molar-refractivity contribution in [2.24, 2.45) is 10.8 Å². The molecule has 160 valence electrons. The summed E-state index contributed by atoms with van der Waals surface area (Å²) in [6.07, 6.45) is 3.98. The number of fused-ring (bicyclic) bond motifs is 1. The average Bonchev–Trinajstić information content (AvgIpc) is 2.89. The SMILES string of the molecule is CS(=O)(=O)O.Cc1ccnc2c1/C(=N\NC(=N)N)CC(c1cc(Cl)sc1Cl)C2.O. The van der Waals surface area contributed by atoms with E-state index >= 15 is 0 Å². The predicted octanol–water partition coefficient (Wildman–Crippen LogP) is 2.35. The lowest BCUT2D eigenvalue weighted by molar-refractivity contribution is 0.490. The molecule has 1 aliphatic rings. The maximum absolute atomic E-state index is 9.19. The fourth-order valence-electron chi connectivity index (χ4n) is 2.88. The third kappa shape index (κ3) is 7.53. The molecule has 0 aromatic carbocycles. The van der Waals surface area contributed by atoms with Crippen molar-refractivity contribution in [3.8, 4) is 0 Å². The highest BCUT2D eigenvalue weighted by Gasteiger charge is 2.29. The Morgan fingerprint density at radius 3 is 2.59 bits per heavy atom. The van der Waals surface area contributed by atoms with Gasteiger partial charge in [-0.2, -0.15) is 13.5 Å². The molecule has 29 heavy (non-hydrogen) atoms. The van der Waals surface area contributed by atoms with Gasteiger partial charge in [-0.05, 0) is 48.9 Å². The van der Waals surface area contributed by atoms with Gasteiger partial charge in [0.25, 0.3) is 10.1 Å². The van der Waals surface area contributed by atoms with Crippen LogP contribution in [0.4, 0.5) is 0 Å². The number of aryl methyl sites for hydroxylation is 1. The lowest BCUT2D eigenvalue weighted by atomic mass is 9.81. The van der Waals surface area contributed by atoms with Crippen LogP contribution in [0.5, 0.6) is 0 Å². The standard InChI is InChI=1S/C15H15Cl2N5S.CH4O3S.H2O/c1-7-2-3-20-10-4-8(9-6-12(16)23-14(9)17)5-11(13(7)10)21-22-15(18)19;1-5(2,3)4;/h2-3,6,8H,4-5H2,1H3,(H4,18,19,22);1H3,(H,2,3,4);1H2/b21-11-;;. The Kier molecular flexibility index (Phi) is 9.00. The first-order valence-corrected chi connectivity index (χ1v) is 11.4. The van der Waals surface area contributed by atoms with E-state index in [2.05, 4.69) is 15.5 Å². The van der Waals surface area contributed by atoms with Crippen LogP contribution in [0, 0.1) is 12.3 Å². The minimum Gasteiger partial charge on any atom is -0.412 e. The molecular weight excluding hydrogens is 461 g/mol. The van der Waals surface area contributed by atoms with Gasteiger partial charge in [0, 0.05) is 11.8 Å². The summed E-state index contributed by atoms with van der Waals surface area (Å²) in [5, 5.41) is 11.6. The summed E-state index contributed by atoms with van der Waals surface area (Å²) in [6, 6.07) is 3.87. The van der Waals surface area contributed by atoms with Crippen molar-refractivity contribution in [2.75, 3.05) is 6.26 Å². The van der Waals surface area contributed by atoms with E-state index in [1.54, 1.807) is 6.20 Å². The van der Waals surface area contributed by atoms with Crippen LogP contribution in [-0.2, 0) is 16.5 Å². The van der Waals surface area contributed by atoms with Gasteiger partial charge in [0.1, 0.15) is 0 Å². The molecule has 0 saturated carbocycles. The first kappa shape index (κ1) is 25.3. The highest BCUT2D eigenvalue weighted by atomic mass is 35.5. The average molecular weight is 482 g/mol. The molecular formula is C16H21Cl2N5O4S2. The summed E-state index contributed by atoms with van der Waals surface area (Å²) < 4.78 is 27.2. The second kappa shape index (κ2) is 10.3. The van der Waals surface area contributed by atoms with Crippen molar-refractivity contribution in [3.63, 3.8) is 0 Å². The molecule has 1 unspecified atom stereocenters. The molecule has 9 nitrogen and oxygen atoms in total. The van der Waals surface area contributed by atoms with E-state index in [9.17, 15) is 8.42 Å². The van der Waals surface area contributed by atoms with Gasteiger partial charge >= 0.3 is 0 Å². The number of nitrogens with two attached hydrogens (primary N) is 1. The Morgan fingerprint density at radius 2 is 2.07 bits per heavy atom. The zero-order chi connectivity index (χ0) is 21.1. The van der Waals surface area contributed by atoms with Gasteiger partial charge in [-0.25, -0.2) is 5.43 Å². The monoisotopic (exact) mass is 481 g/mol. The van der Waals surface area contributed by atoms with Crippen molar-refractivity contribution in [1.29, 1.82) is 5.41 Å². The van der Waals surface area contributed by atoms with E-state index in [-0.39, 0.29) is 17.4 Å². The molecule has 0 radical (unpaired) electrons. The molecule has 13 heteroatoms. The van der Waals surface area contributed by atoms with E-state index in [0.717, 1.165) is 34.5 Å². The van der Waals surface area contributed by atoms with Crippen LogP contribution < -0.4 is 11.2 Å². The van der Waals surface area contributed by atoms with Crippen LogP contribution in [-0.4, -0.2) is 41.4 Å². The quantitative estimate of drug-likeness (QED) is 0.221. The summed E-state index contributed by atoms with van der Waals surface area (Å²) >= 11 is 13.8. The highest BCUT2D eigenvalue weighted by molar-refractivity contribution is 7.85. The minimum absolute atomic E-state index is 0. The summed E-state index contributed by atoms with van der Waals surface area (Å²) in [7, 11) is -3.67. The van der Waals surface area contributed by atoms with Crippen molar-refractivity contribution in [3.05, 3.63) is 49.4 Å². The second-order valence-electron chi connectivity index (χ2n) is 6.15. The van der Waals surface area contributed by atoms with E-state index in [4.69, 9.17) is 38.9 Å². The number of nitrogens with zero attached hydrogens (tertiary/aromatic N) is 2. The molecule has 0 saturated heterocycles. The van der Waals surface area contributed by atoms with E-state index in [1.807, 2.05) is 19.1 Å². The highest BCUT2D eigenvalue weighted by Crippen LogP contribution is 2.41. The Morgan fingerprint density at radius 1 is 1.45 bits per heavy atom. The number of nitrogens with one attached hydrogen (secondary N) is 2. The fraction of sp³-hybridized carbons (Fsp3) is 0.312. The lowest BCUT2D eigenvalue weighted by Crippen LogP contribution is -2.29. The Labute approximate surface area is 182 Å². The first-order valence-electron chi connectivity index (χ1n) is 7.94. The first-order chi connectivity index (χ1) is 13.0. The number of halogens is 2. The maximum atomic E-state index is 9.19. The van der Waals surface area contributed by atoms with Gasteiger partial charge in [0.2, 0.25) is 5.96 Å². The van der Waals surface area contributed by atoms with Crippen molar-refractivity contribution in [1.82, 2.24) is 10.4 Å². The third-order valence-corrected chi connectivity index (χ3v) is 5.36. The molecule has 2 aromatic heterocycles. The molecule has 2 heterocycles. The molecule has 3 rings (SSSR count). The third-order valence-electron chi connectivity index (χ3n) is 3.84. The van der Waals surface area contributed by atoms with Crippen LogP contribution in [0.15, 0.2) is 23.4 Å². The minimum atomic E-state index is -3.67. The Hall–Kier alpha value is -1.76. The fourth-order valence-corrected chi connectivity index (χ4v) is 4.51. The lowest BCUT2D eigenvalue weighted by Gasteiger charge is -2.26.